The number of halogens is 1. The fraction of sp³-hybridized carbons (Fsp3) is 0.360. The number of imidazole rings is 1. The normalized spacial score (nSPS) is 19.1. The quantitative estimate of drug-likeness (QED) is 0.416. The highest BCUT2D eigenvalue weighted by Crippen LogP contribution is 2.50. The molecule has 0 amide bonds. The number of benzene rings is 1. The minimum absolute atomic E-state index is 0.109. The van der Waals surface area contributed by atoms with Crippen LogP contribution in [0.4, 0.5) is 5.95 Å². The average molecular weight is 492 g/mol. The Bertz CT molecular complexity index is 1360. The average Bonchev–Trinajstić information content (AvgIpc) is 3.40. The van der Waals surface area contributed by atoms with Gasteiger partial charge in [-0.25, -0.2) is 9.97 Å². The minimum atomic E-state index is 0.109. The number of rotatable bonds is 4. The summed E-state index contributed by atoms with van der Waals surface area (Å²) in [6.07, 6.45) is 7.48. The van der Waals surface area contributed by atoms with Crippen LogP contribution in [0.15, 0.2) is 52.6 Å². The van der Waals surface area contributed by atoms with Crippen LogP contribution in [0.25, 0.3) is 11.3 Å². The number of fused-ring (bicyclic) bond motifs is 2. The molecule has 0 unspecified atom stereocenters. The van der Waals surface area contributed by atoms with Gasteiger partial charge in [-0.3, -0.25) is 4.98 Å². The molecule has 1 spiro atoms. The topological polar surface area (TPSA) is 96.6 Å². The van der Waals surface area contributed by atoms with Crippen molar-refractivity contribution in [3.05, 3.63) is 64.6 Å². The first-order valence-electron chi connectivity index (χ1n) is 11.7. The fourth-order valence-corrected chi connectivity index (χ4v) is 6.50. The predicted molar refractivity (Wildman–Crippen MR) is 135 cm³/mol. The van der Waals surface area contributed by atoms with Crippen molar-refractivity contribution in [2.24, 2.45) is 11.1 Å². The summed E-state index contributed by atoms with van der Waals surface area (Å²) in [6.45, 7) is 3.87. The van der Waals surface area contributed by atoms with Gasteiger partial charge in [-0.15, -0.1) is 0 Å². The van der Waals surface area contributed by atoms with Crippen molar-refractivity contribution in [2.75, 3.05) is 18.0 Å². The number of pyridine rings is 1. The van der Waals surface area contributed by atoms with Gasteiger partial charge in [-0.05, 0) is 48.3 Å². The van der Waals surface area contributed by atoms with E-state index in [1.807, 2.05) is 13.0 Å². The van der Waals surface area contributed by atoms with E-state index in [2.05, 4.69) is 44.1 Å². The molecular formula is C25H26ClN7S. The van der Waals surface area contributed by atoms with E-state index in [9.17, 15) is 0 Å². The lowest BCUT2D eigenvalue weighted by Crippen LogP contribution is -2.44. The Morgan fingerprint density at radius 3 is 2.79 bits per heavy atom. The number of aromatic nitrogens is 5. The van der Waals surface area contributed by atoms with E-state index in [1.165, 1.54) is 22.9 Å². The molecule has 1 saturated heterocycles. The summed E-state index contributed by atoms with van der Waals surface area (Å²) >= 11 is 8.00. The molecule has 9 heteroatoms. The van der Waals surface area contributed by atoms with E-state index in [-0.39, 0.29) is 11.5 Å². The van der Waals surface area contributed by atoms with E-state index in [0.717, 1.165) is 60.3 Å². The van der Waals surface area contributed by atoms with Crippen molar-refractivity contribution in [2.45, 2.75) is 48.6 Å². The third kappa shape index (κ3) is 3.65. The number of aryl methyl sites for hydroxylation is 1. The van der Waals surface area contributed by atoms with Crippen LogP contribution >= 0.6 is 23.4 Å². The SMILES string of the molecule is CCc1nccc(Sc2cnc3nc(N4CCC5(CC4)Cc4ccccc4[C@H]5N)[nH]c3n2)c1Cl. The smallest absolute Gasteiger partial charge is 0.206 e. The van der Waals surface area contributed by atoms with Gasteiger partial charge in [0.25, 0.3) is 0 Å². The number of aromatic amines is 1. The van der Waals surface area contributed by atoms with Gasteiger partial charge in [0.05, 0.1) is 16.9 Å². The summed E-state index contributed by atoms with van der Waals surface area (Å²) in [5.41, 5.74) is 11.8. The molecule has 7 nitrogen and oxygen atoms in total. The first-order chi connectivity index (χ1) is 16.6. The number of nitrogens with one attached hydrogen (secondary N) is 1. The zero-order valence-electron chi connectivity index (χ0n) is 19.0. The first kappa shape index (κ1) is 21.8. The molecule has 0 saturated carbocycles. The molecule has 1 aromatic carbocycles. The maximum Gasteiger partial charge on any atom is 0.206 e. The van der Waals surface area contributed by atoms with Gasteiger partial charge in [0.1, 0.15) is 5.03 Å². The van der Waals surface area contributed by atoms with Crippen LogP contribution in [0.1, 0.15) is 42.6 Å². The van der Waals surface area contributed by atoms with E-state index in [0.29, 0.717) is 16.3 Å². The Morgan fingerprint density at radius 2 is 2.00 bits per heavy atom. The van der Waals surface area contributed by atoms with Gasteiger partial charge >= 0.3 is 0 Å². The second kappa shape index (κ2) is 8.52. The van der Waals surface area contributed by atoms with E-state index < -0.39 is 0 Å². The molecule has 174 valence electrons. The van der Waals surface area contributed by atoms with Gasteiger partial charge in [0, 0.05) is 30.2 Å². The molecule has 4 aromatic rings. The van der Waals surface area contributed by atoms with Crippen molar-refractivity contribution in [1.29, 1.82) is 0 Å². The molecule has 1 aliphatic carbocycles. The number of anilines is 1. The van der Waals surface area contributed by atoms with Crippen LogP contribution < -0.4 is 10.6 Å². The third-order valence-corrected chi connectivity index (χ3v) is 8.80. The molecular weight excluding hydrogens is 466 g/mol. The van der Waals surface area contributed by atoms with Gasteiger partial charge in [-0.2, -0.15) is 4.98 Å². The van der Waals surface area contributed by atoms with Crippen molar-refractivity contribution >= 4 is 40.6 Å². The predicted octanol–water partition coefficient (Wildman–Crippen LogP) is 4.96. The summed E-state index contributed by atoms with van der Waals surface area (Å²) in [5, 5.41) is 1.45. The number of H-pyrrole nitrogens is 1. The van der Waals surface area contributed by atoms with Gasteiger partial charge in [0.15, 0.2) is 11.3 Å². The number of nitrogens with two attached hydrogens (primary N) is 1. The largest absolute Gasteiger partial charge is 0.342 e. The van der Waals surface area contributed by atoms with Crippen LogP contribution in [-0.2, 0) is 12.8 Å². The minimum Gasteiger partial charge on any atom is -0.342 e. The second-order valence-electron chi connectivity index (χ2n) is 9.17. The van der Waals surface area contributed by atoms with E-state index in [4.69, 9.17) is 27.3 Å². The number of piperidine rings is 1. The van der Waals surface area contributed by atoms with Crippen LogP contribution in [0, 0.1) is 5.41 Å². The Labute approximate surface area is 207 Å². The maximum atomic E-state index is 6.73. The maximum absolute atomic E-state index is 6.73. The second-order valence-corrected chi connectivity index (χ2v) is 10.6. The van der Waals surface area contributed by atoms with Crippen LogP contribution in [0.3, 0.4) is 0 Å². The van der Waals surface area contributed by atoms with Crippen molar-refractivity contribution in [1.82, 2.24) is 24.9 Å². The highest BCUT2D eigenvalue weighted by molar-refractivity contribution is 7.99. The number of hydrogen-bond donors (Lipinski definition) is 2. The Kier molecular flexibility index (Phi) is 5.47. The summed E-state index contributed by atoms with van der Waals surface area (Å²) in [7, 11) is 0. The highest BCUT2D eigenvalue weighted by atomic mass is 35.5. The van der Waals surface area contributed by atoms with Crippen LogP contribution in [0.5, 0.6) is 0 Å². The van der Waals surface area contributed by atoms with Gasteiger partial charge in [0.2, 0.25) is 5.95 Å². The molecule has 6 rings (SSSR count). The van der Waals surface area contributed by atoms with Crippen molar-refractivity contribution in [3.63, 3.8) is 0 Å². The molecule has 3 N–H and O–H groups in total. The van der Waals surface area contributed by atoms with Crippen molar-refractivity contribution < 1.29 is 0 Å². The van der Waals surface area contributed by atoms with Gasteiger partial charge < -0.3 is 15.6 Å². The Hall–Kier alpha value is -2.68. The molecule has 1 aliphatic heterocycles. The number of hydrogen-bond acceptors (Lipinski definition) is 7. The highest BCUT2D eigenvalue weighted by Gasteiger charge is 2.46. The summed E-state index contributed by atoms with van der Waals surface area (Å²) in [4.78, 5) is 25.0. The first-order valence-corrected chi connectivity index (χ1v) is 12.9. The van der Waals surface area contributed by atoms with Gasteiger partial charge in [-0.1, -0.05) is 54.6 Å². The van der Waals surface area contributed by atoms with Crippen molar-refractivity contribution in [3.8, 4) is 0 Å². The molecule has 1 fully saturated rings. The lowest BCUT2D eigenvalue weighted by Gasteiger charge is -2.42. The Morgan fingerprint density at radius 1 is 1.18 bits per heavy atom. The number of nitrogens with zero attached hydrogens (tertiary/aromatic N) is 5. The van der Waals surface area contributed by atoms with E-state index >= 15 is 0 Å². The summed E-state index contributed by atoms with van der Waals surface area (Å²) in [6, 6.07) is 10.6. The zero-order chi connectivity index (χ0) is 23.3. The standard InChI is InChI=1S/C25H26ClN7S/c1-2-17-20(26)18(7-10-28-17)34-19-14-29-22-23(30-19)32-24(31-22)33-11-8-25(9-12-33)13-15-5-3-4-6-16(15)21(25)27/h3-7,10,14,21H,2,8-9,11-13,27H2,1H3,(H,29,30,31,32)/t21-/m1/s1. The monoisotopic (exact) mass is 491 g/mol. The van der Waals surface area contributed by atoms with E-state index in [1.54, 1.807) is 12.4 Å². The molecule has 4 heterocycles. The van der Waals surface area contributed by atoms with Crippen LogP contribution in [0.2, 0.25) is 5.02 Å². The molecule has 0 radical (unpaired) electrons. The lowest BCUT2D eigenvalue weighted by molar-refractivity contribution is 0.187. The third-order valence-electron chi connectivity index (χ3n) is 7.30. The lowest BCUT2D eigenvalue weighted by atomic mass is 9.73. The fourth-order valence-electron chi connectivity index (χ4n) is 5.34. The molecule has 34 heavy (non-hydrogen) atoms. The summed E-state index contributed by atoms with van der Waals surface area (Å²) in [5.74, 6) is 0.825. The Balaban J connectivity index is 1.19. The summed E-state index contributed by atoms with van der Waals surface area (Å²) < 4.78 is 0. The molecule has 2 aliphatic rings. The zero-order valence-corrected chi connectivity index (χ0v) is 20.5. The molecule has 3 aromatic heterocycles. The van der Waals surface area contributed by atoms with Crippen LogP contribution in [-0.4, -0.2) is 38.0 Å². The molecule has 0 bridgehead atoms. The molecule has 1 atom stereocenters.